The van der Waals surface area contributed by atoms with Crippen molar-refractivity contribution in [2.45, 2.75) is 63.9 Å². The van der Waals surface area contributed by atoms with Crippen molar-refractivity contribution in [2.75, 3.05) is 6.54 Å². The first-order valence-electron chi connectivity index (χ1n) is 7.11. The Kier molecular flexibility index (Phi) is 4.08. The summed E-state index contributed by atoms with van der Waals surface area (Å²) in [6.07, 6.45) is 8.44. The highest BCUT2D eigenvalue weighted by atomic mass is 16.3. The summed E-state index contributed by atoms with van der Waals surface area (Å²) in [6, 6.07) is 0. The van der Waals surface area contributed by atoms with Crippen molar-refractivity contribution in [1.82, 2.24) is 5.32 Å². The largest absolute Gasteiger partial charge is 0.388 e. The van der Waals surface area contributed by atoms with Crippen molar-refractivity contribution < 1.29 is 9.90 Å². The van der Waals surface area contributed by atoms with Crippen LogP contribution in [0.25, 0.3) is 0 Å². The molecule has 2 aliphatic carbocycles. The Hall–Kier alpha value is -0.570. The van der Waals surface area contributed by atoms with Gasteiger partial charge in [-0.2, -0.15) is 0 Å². The Labute approximate surface area is 104 Å². The minimum Gasteiger partial charge on any atom is -0.388 e. The fourth-order valence-electron chi connectivity index (χ4n) is 3.30. The van der Waals surface area contributed by atoms with E-state index in [1.165, 1.54) is 19.3 Å². The summed E-state index contributed by atoms with van der Waals surface area (Å²) in [6.45, 7) is 2.61. The van der Waals surface area contributed by atoms with Crippen molar-refractivity contribution in [3.8, 4) is 0 Å². The van der Waals surface area contributed by atoms with Gasteiger partial charge in [-0.25, -0.2) is 0 Å². The molecule has 0 aromatic heterocycles. The van der Waals surface area contributed by atoms with E-state index in [-0.39, 0.29) is 11.8 Å². The third kappa shape index (κ3) is 3.21. The number of aliphatic hydroxyl groups is 1. The summed E-state index contributed by atoms with van der Waals surface area (Å²) in [5.41, 5.74) is -0.629. The van der Waals surface area contributed by atoms with E-state index in [9.17, 15) is 9.90 Å². The number of nitrogens with one attached hydrogen (secondary N) is 1. The van der Waals surface area contributed by atoms with Gasteiger partial charge in [0.1, 0.15) is 0 Å². The van der Waals surface area contributed by atoms with E-state index in [0.29, 0.717) is 12.5 Å². The summed E-state index contributed by atoms with van der Waals surface area (Å²) >= 11 is 0. The molecule has 2 saturated carbocycles. The van der Waals surface area contributed by atoms with Gasteiger partial charge < -0.3 is 10.4 Å². The van der Waals surface area contributed by atoms with Crippen LogP contribution >= 0.6 is 0 Å². The molecule has 17 heavy (non-hydrogen) atoms. The number of amides is 1. The highest BCUT2D eigenvalue weighted by Gasteiger charge is 2.33. The second-order valence-corrected chi connectivity index (χ2v) is 6.02. The summed E-state index contributed by atoms with van der Waals surface area (Å²) in [5.74, 6) is 0.854. The van der Waals surface area contributed by atoms with Crippen molar-refractivity contribution in [2.24, 2.45) is 11.8 Å². The van der Waals surface area contributed by atoms with Crippen molar-refractivity contribution >= 4 is 5.91 Å². The first-order chi connectivity index (χ1) is 8.11. The number of rotatable bonds is 3. The first-order valence-corrected chi connectivity index (χ1v) is 7.11. The van der Waals surface area contributed by atoms with Gasteiger partial charge in [-0.1, -0.05) is 32.6 Å². The molecule has 2 atom stereocenters. The Bertz CT molecular complexity index is 271. The van der Waals surface area contributed by atoms with Gasteiger partial charge in [0, 0.05) is 12.5 Å². The van der Waals surface area contributed by atoms with Gasteiger partial charge in [0.2, 0.25) is 5.91 Å². The Morgan fingerprint density at radius 1 is 1.24 bits per heavy atom. The lowest BCUT2D eigenvalue weighted by Gasteiger charge is -2.32. The van der Waals surface area contributed by atoms with Gasteiger partial charge in [-0.15, -0.1) is 0 Å². The van der Waals surface area contributed by atoms with E-state index >= 15 is 0 Å². The predicted octanol–water partition coefficient (Wildman–Crippen LogP) is 2.23. The molecule has 0 heterocycles. The summed E-state index contributed by atoms with van der Waals surface area (Å²) in [4.78, 5) is 12.0. The molecule has 0 bridgehead atoms. The van der Waals surface area contributed by atoms with Crippen LogP contribution in [0.1, 0.15) is 58.3 Å². The molecule has 2 unspecified atom stereocenters. The zero-order valence-electron chi connectivity index (χ0n) is 10.9. The molecule has 2 rings (SSSR count). The quantitative estimate of drug-likeness (QED) is 0.793. The minimum absolute atomic E-state index is 0.161. The van der Waals surface area contributed by atoms with Crippen LogP contribution < -0.4 is 5.32 Å². The van der Waals surface area contributed by atoms with Crippen LogP contribution in [0.5, 0.6) is 0 Å². The van der Waals surface area contributed by atoms with Crippen LogP contribution in [-0.4, -0.2) is 23.2 Å². The van der Waals surface area contributed by atoms with E-state index in [1.54, 1.807) is 0 Å². The smallest absolute Gasteiger partial charge is 0.223 e. The highest BCUT2D eigenvalue weighted by Crippen LogP contribution is 2.32. The van der Waals surface area contributed by atoms with Gasteiger partial charge in [0.25, 0.3) is 0 Å². The van der Waals surface area contributed by atoms with Crippen LogP contribution in [0.15, 0.2) is 0 Å². The van der Waals surface area contributed by atoms with E-state index in [4.69, 9.17) is 0 Å². The number of carbonyl (C=O) groups excluding carboxylic acids is 1. The number of carbonyl (C=O) groups is 1. The zero-order valence-corrected chi connectivity index (χ0v) is 10.9. The third-order valence-corrected chi connectivity index (χ3v) is 4.57. The maximum Gasteiger partial charge on any atom is 0.223 e. The zero-order chi connectivity index (χ0) is 12.3. The summed E-state index contributed by atoms with van der Waals surface area (Å²) in [5, 5.41) is 13.3. The minimum atomic E-state index is -0.629. The van der Waals surface area contributed by atoms with Gasteiger partial charge in [0.05, 0.1) is 5.60 Å². The lowest BCUT2D eigenvalue weighted by molar-refractivity contribution is -0.127. The monoisotopic (exact) mass is 239 g/mol. The molecular formula is C14H25NO2. The molecule has 2 N–H and O–H groups in total. The molecule has 0 saturated heterocycles. The molecule has 2 aliphatic rings. The van der Waals surface area contributed by atoms with Gasteiger partial charge in [-0.3, -0.25) is 4.79 Å². The Balaban J connectivity index is 1.79. The molecule has 0 spiro atoms. The molecule has 1 amide bonds. The average Bonchev–Trinajstić information content (AvgIpc) is 2.74. The van der Waals surface area contributed by atoms with E-state index in [0.717, 1.165) is 32.1 Å². The van der Waals surface area contributed by atoms with Crippen LogP contribution in [0.4, 0.5) is 0 Å². The molecule has 0 aromatic rings. The molecule has 0 radical (unpaired) electrons. The van der Waals surface area contributed by atoms with Crippen LogP contribution in [0.2, 0.25) is 0 Å². The number of hydrogen-bond acceptors (Lipinski definition) is 2. The van der Waals surface area contributed by atoms with E-state index < -0.39 is 5.60 Å². The molecule has 98 valence electrons. The SMILES string of the molecule is CC1CCCC1C(=O)NCC1(O)CCCCC1. The lowest BCUT2D eigenvalue weighted by atomic mass is 9.84. The predicted molar refractivity (Wildman–Crippen MR) is 67.5 cm³/mol. The topological polar surface area (TPSA) is 49.3 Å². The molecule has 2 fully saturated rings. The Morgan fingerprint density at radius 3 is 2.53 bits per heavy atom. The van der Waals surface area contributed by atoms with Crippen molar-refractivity contribution in [3.63, 3.8) is 0 Å². The van der Waals surface area contributed by atoms with Crippen LogP contribution in [0.3, 0.4) is 0 Å². The van der Waals surface area contributed by atoms with Gasteiger partial charge >= 0.3 is 0 Å². The van der Waals surface area contributed by atoms with E-state index in [1.807, 2.05) is 0 Å². The molecule has 3 heteroatoms. The average molecular weight is 239 g/mol. The normalized spacial score (nSPS) is 32.4. The standard InChI is InChI=1S/C14H25NO2/c1-11-6-5-7-12(11)13(16)15-10-14(17)8-3-2-4-9-14/h11-12,17H,2-10H2,1H3,(H,15,16). The van der Waals surface area contributed by atoms with Crippen molar-refractivity contribution in [1.29, 1.82) is 0 Å². The highest BCUT2D eigenvalue weighted by molar-refractivity contribution is 5.79. The second kappa shape index (κ2) is 5.38. The fourth-order valence-corrected chi connectivity index (χ4v) is 3.30. The maximum absolute atomic E-state index is 12.0. The molecular weight excluding hydrogens is 214 g/mol. The lowest BCUT2D eigenvalue weighted by Crippen LogP contribution is -2.46. The molecule has 3 nitrogen and oxygen atoms in total. The Morgan fingerprint density at radius 2 is 1.94 bits per heavy atom. The van der Waals surface area contributed by atoms with Crippen molar-refractivity contribution in [3.05, 3.63) is 0 Å². The van der Waals surface area contributed by atoms with E-state index in [2.05, 4.69) is 12.2 Å². The molecule has 0 aliphatic heterocycles. The molecule has 0 aromatic carbocycles. The van der Waals surface area contributed by atoms with Crippen LogP contribution in [-0.2, 0) is 4.79 Å². The summed E-state index contributed by atoms with van der Waals surface area (Å²) in [7, 11) is 0. The first kappa shape index (κ1) is 12.9. The van der Waals surface area contributed by atoms with Gasteiger partial charge in [-0.05, 0) is 31.6 Å². The third-order valence-electron chi connectivity index (χ3n) is 4.57. The maximum atomic E-state index is 12.0. The summed E-state index contributed by atoms with van der Waals surface area (Å²) < 4.78 is 0. The van der Waals surface area contributed by atoms with Crippen LogP contribution in [0, 0.1) is 11.8 Å². The second-order valence-electron chi connectivity index (χ2n) is 6.02. The fraction of sp³-hybridized carbons (Fsp3) is 0.929. The van der Waals surface area contributed by atoms with Gasteiger partial charge in [0.15, 0.2) is 0 Å². The number of hydrogen-bond donors (Lipinski definition) is 2.